The summed E-state index contributed by atoms with van der Waals surface area (Å²) < 4.78 is 10.2. The van der Waals surface area contributed by atoms with E-state index in [-0.39, 0.29) is 25.6 Å². The lowest BCUT2D eigenvalue weighted by Crippen LogP contribution is -2.58. The van der Waals surface area contributed by atoms with E-state index in [0.717, 1.165) is 17.5 Å². The molecule has 1 aromatic rings. The molecule has 10 heteroatoms. The van der Waals surface area contributed by atoms with Gasteiger partial charge in [-0.2, -0.15) is 0 Å². The van der Waals surface area contributed by atoms with Gasteiger partial charge in [-0.3, -0.25) is 14.4 Å². The van der Waals surface area contributed by atoms with Crippen LogP contribution >= 0.6 is 0 Å². The number of ether oxygens (including phenoxy) is 2. The predicted octanol–water partition coefficient (Wildman–Crippen LogP) is 2.68. The quantitative estimate of drug-likeness (QED) is 0.383. The Hall–Kier alpha value is -3.14. The average Bonchev–Trinajstić information content (AvgIpc) is 2.77. The van der Waals surface area contributed by atoms with Crippen molar-refractivity contribution >= 4 is 23.9 Å². The summed E-state index contributed by atoms with van der Waals surface area (Å²) >= 11 is 0. The Bertz CT molecular complexity index is 969. The Balaban J connectivity index is 2.41. The Labute approximate surface area is 219 Å². The first kappa shape index (κ1) is 30.1. The van der Waals surface area contributed by atoms with Crippen molar-refractivity contribution < 1.29 is 33.8 Å². The maximum Gasteiger partial charge on any atom is 0.408 e. The molecule has 0 heterocycles. The zero-order chi connectivity index (χ0) is 27.8. The minimum Gasteiger partial charge on any atom is -0.466 e. The number of nitrogens with one attached hydrogen (secondary N) is 2. The van der Waals surface area contributed by atoms with Gasteiger partial charge in [-0.15, -0.1) is 0 Å². The number of hydrogen-bond donors (Lipinski definition) is 3. The summed E-state index contributed by atoms with van der Waals surface area (Å²) in [6.45, 7) is 10.2. The summed E-state index contributed by atoms with van der Waals surface area (Å²) in [6, 6.07) is 2.98. The molecule has 1 fully saturated rings. The highest BCUT2D eigenvalue weighted by molar-refractivity contribution is 5.93. The van der Waals surface area contributed by atoms with Gasteiger partial charge in [0.15, 0.2) is 0 Å². The molecule has 1 aromatic carbocycles. The van der Waals surface area contributed by atoms with Crippen LogP contribution in [0.25, 0.3) is 0 Å². The third-order valence-electron chi connectivity index (χ3n) is 6.30. The zero-order valence-corrected chi connectivity index (χ0v) is 22.8. The smallest absolute Gasteiger partial charge is 0.408 e. The molecule has 2 atom stereocenters. The molecule has 0 spiro atoms. The second-order valence-corrected chi connectivity index (χ2v) is 10.2. The fourth-order valence-corrected chi connectivity index (χ4v) is 4.10. The number of rotatable bonds is 11. The summed E-state index contributed by atoms with van der Waals surface area (Å²) in [6.07, 6.45) is 1.43. The third kappa shape index (κ3) is 8.45. The largest absolute Gasteiger partial charge is 0.466 e. The molecule has 0 aliphatic heterocycles. The molecule has 2 rings (SSSR count). The van der Waals surface area contributed by atoms with E-state index in [1.165, 1.54) is 4.90 Å². The first-order valence-corrected chi connectivity index (χ1v) is 12.8. The molecular weight excluding hydrogens is 478 g/mol. The van der Waals surface area contributed by atoms with Gasteiger partial charge in [0, 0.05) is 12.6 Å². The lowest BCUT2D eigenvalue weighted by molar-refractivity contribution is -0.148. The average molecular weight is 520 g/mol. The topological polar surface area (TPSA) is 134 Å². The highest BCUT2D eigenvalue weighted by atomic mass is 16.6. The van der Waals surface area contributed by atoms with Crippen molar-refractivity contribution in [2.24, 2.45) is 0 Å². The Morgan fingerprint density at radius 2 is 1.84 bits per heavy atom. The van der Waals surface area contributed by atoms with Crippen molar-refractivity contribution in [2.75, 3.05) is 19.8 Å². The van der Waals surface area contributed by atoms with Crippen molar-refractivity contribution in [1.82, 2.24) is 15.5 Å². The Kier molecular flexibility index (Phi) is 10.9. The van der Waals surface area contributed by atoms with Crippen LogP contribution in [0.1, 0.15) is 76.1 Å². The van der Waals surface area contributed by atoms with Crippen molar-refractivity contribution in [3.05, 3.63) is 34.9 Å². The van der Waals surface area contributed by atoms with E-state index in [2.05, 4.69) is 10.6 Å². The van der Waals surface area contributed by atoms with Crippen LogP contribution < -0.4 is 10.6 Å². The molecule has 1 aliphatic rings. The SMILES string of the molecule is CCOC(=O)CCNC(=O)C(c1cccc(C)c1C)N(C(=O)C(CO)NC(=O)OC(C)(C)C)C1CCC1. The third-order valence-corrected chi connectivity index (χ3v) is 6.30. The number of nitrogens with zero attached hydrogens (tertiary/aromatic N) is 1. The van der Waals surface area contributed by atoms with Gasteiger partial charge in [-0.05, 0) is 77.5 Å². The number of aryl methyl sites for hydroxylation is 1. The van der Waals surface area contributed by atoms with E-state index >= 15 is 0 Å². The van der Waals surface area contributed by atoms with E-state index in [1.54, 1.807) is 33.8 Å². The Morgan fingerprint density at radius 1 is 1.16 bits per heavy atom. The number of benzene rings is 1. The molecule has 3 amide bonds. The van der Waals surface area contributed by atoms with Crippen LogP contribution in [0, 0.1) is 13.8 Å². The molecule has 0 bridgehead atoms. The van der Waals surface area contributed by atoms with Gasteiger partial charge in [0.2, 0.25) is 11.8 Å². The van der Waals surface area contributed by atoms with Gasteiger partial charge >= 0.3 is 12.1 Å². The van der Waals surface area contributed by atoms with Crippen LogP contribution in [0.15, 0.2) is 18.2 Å². The first-order chi connectivity index (χ1) is 17.4. The first-order valence-electron chi connectivity index (χ1n) is 12.8. The molecule has 206 valence electrons. The van der Waals surface area contributed by atoms with Gasteiger partial charge < -0.3 is 30.1 Å². The van der Waals surface area contributed by atoms with Crippen LogP contribution in [0.5, 0.6) is 0 Å². The maximum atomic E-state index is 13.8. The van der Waals surface area contributed by atoms with E-state index in [0.29, 0.717) is 18.4 Å². The van der Waals surface area contributed by atoms with E-state index in [9.17, 15) is 24.3 Å². The molecule has 2 unspecified atom stereocenters. The zero-order valence-electron chi connectivity index (χ0n) is 22.8. The van der Waals surface area contributed by atoms with Crippen LogP contribution in [0.2, 0.25) is 0 Å². The number of aliphatic hydroxyl groups is 1. The number of esters is 1. The van der Waals surface area contributed by atoms with Crippen molar-refractivity contribution in [3.63, 3.8) is 0 Å². The summed E-state index contributed by atoms with van der Waals surface area (Å²) in [7, 11) is 0. The number of alkyl carbamates (subject to hydrolysis) is 1. The number of hydrogen-bond acceptors (Lipinski definition) is 7. The highest BCUT2D eigenvalue weighted by Crippen LogP contribution is 2.35. The van der Waals surface area contributed by atoms with Crippen molar-refractivity contribution in [3.8, 4) is 0 Å². The van der Waals surface area contributed by atoms with E-state index in [1.807, 2.05) is 26.0 Å². The van der Waals surface area contributed by atoms with Gasteiger partial charge in [0.1, 0.15) is 17.7 Å². The molecule has 1 aliphatic carbocycles. The highest BCUT2D eigenvalue weighted by Gasteiger charge is 2.42. The Morgan fingerprint density at radius 3 is 2.38 bits per heavy atom. The molecule has 3 N–H and O–H groups in total. The second kappa shape index (κ2) is 13.4. The fraction of sp³-hybridized carbons (Fsp3) is 0.630. The lowest BCUT2D eigenvalue weighted by Gasteiger charge is -2.43. The van der Waals surface area contributed by atoms with Gasteiger partial charge in [0.05, 0.1) is 19.6 Å². The van der Waals surface area contributed by atoms with Crippen LogP contribution in [-0.4, -0.2) is 71.3 Å². The number of carbonyl (C=O) groups is 4. The van der Waals surface area contributed by atoms with Crippen molar-refractivity contribution in [1.29, 1.82) is 0 Å². The molecular formula is C27H41N3O7. The van der Waals surface area contributed by atoms with E-state index in [4.69, 9.17) is 9.47 Å². The molecule has 0 aromatic heterocycles. The van der Waals surface area contributed by atoms with Gasteiger partial charge in [-0.1, -0.05) is 18.2 Å². The predicted molar refractivity (Wildman–Crippen MR) is 138 cm³/mol. The van der Waals surface area contributed by atoms with Gasteiger partial charge in [0.25, 0.3) is 0 Å². The van der Waals surface area contributed by atoms with Crippen LogP contribution in [0.3, 0.4) is 0 Å². The van der Waals surface area contributed by atoms with Crippen LogP contribution in [0.4, 0.5) is 4.79 Å². The monoisotopic (exact) mass is 519 g/mol. The maximum absolute atomic E-state index is 13.8. The number of amides is 3. The van der Waals surface area contributed by atoms with Gasteiger partial charge in [-0.25, -0.2) is 4.79 Å². The molecule has 37 heavy (non-hydrogen) atoms. The van der Waals surface area contributed by atoms with Crippen LogP contribution in [-0.2, 0) is 23.9 Å². The lowest BCUT2D eigenvalue weighted by atomic mass is 9.86. The summed E-state index contributed by atoms with van der Waals surface area (Å²) in [5, 5.41) is 15.3. The molecule has 0 saturated heterocycles. The molecule has 0 radical (unpaired) electrons. The minimum absolute atomic E-state index is 0.00403. The normalized spacial score (nSPS) is 15.1. The standard InChI is InChI=1S/C27H41N3O7/c1-7-36-22(32)14-15-28-24(33)23(20-13-8-10-17(2)18(20)3)30(19-11-9-12-19)25(34)21(16-31)29-26(35)37-27(4,5)6/h8,10,13,19,21,23,31H,7,9,11-12,14-16H2,1-6H3,(H,28,33)(H,29,35). The minimum atomic E-state index is -1.30. The summed E-state index contributed by atoms with van der Waals surface area (Å²) in [5.74, 6) is -1.46. The van der Waals surface area contributed by atoms with Crippen molar-refractivity contribution in [2.45, 2.75) is 91.0 Å². The summed E-state index contributed by atoms with van der Waals surface area (Å²) in [5.41, 5.74) is 1.66. The van der Waals surface area contributed by atoms with E-state index < -0.39 is 48.2 Å². The molecule has 10 nitrogen and oxygen atoms in total. The summed E-state index contributed by atoms with van der Waals surface area (Å²) in [4.78, 5) is 53.1. The second-order valence-electron chi connectivity index (χ2n) is 10.2. The number of aliphatic hydroxyl groups excluding tert-OH is 1. The number of carbonyl (C=O) groups excluding carboxylic acids is 4. The fourth-order valence-electron chi connectivity index (χ4n) is 4.10. The molecule has 1 saturated carbocycles.